The highest BCUT2D eigenvalue weighted by Gasteiger charge is 2.09. The number of fused-ring (bicyclic) bond motifs is 1. The molecule has 0 spiro atoms. The number of benzene rings is 1. The van der Waals surface area contributed by atoms with Crippen molar-refractivity contribution in [2.75, 3.05) is 24.3 Å². The quantitative estimate of drug-likeness (QED) is 0.734. The van der Waals surface area contributed by atoms with Crippen molar-refractivity contribution < 1.29 is 0 Å². The number of hydrogen-bond donors (Lipinski definition) is 1. The van der Waals surface area contributed by atoms with Gasteiger partial charge in [-0.3, -0.25) is 4.79 Å². The van der Waals surface area contributed by atoms with E-state index in [4.69, 9.17) is 0 Å². The SMILES string of the molecule is CCCc1cc(=O)n2nc(NCc3ccc(N(C)C)cc3C)sc2n1. The van der Waals surface area contributed by atoms with Gasteiger partial charge in [0.2, 0.25) is 10.1 Å². The molecule has 0 aliphatic rings. The maximum absolute atomic E-state index is 12.2. The minimum absolute atomic E-state index is 0.121. The molecular weight excluding hydrogens is 334 g/mol. The van der Waals surface area contributed by atoms with Crippen molar-refractivity contribution in [3.63, 3.8) is 0 Å². The zero-order valence-electron chi connectivity index (χ0n) is 15.0. The molecule has 3 rings (SSSR count). The largest absolute Gasteiger partial charge is 0.378 e. The fraction of sp³-hybridized carbons (Fsp3) is 0.389. The van der Waals surface area contributed by atoms with Crippen LogP contribution < -0.4 is 15.8 Å². The second-order valence-corrected chi connectivity index (χ2v) is 7.25. The molecule has 0 bridgehead atoms. The first kappa shape index (κ1) is 17.4. The molecule has 1 N–H and O–H groups in total. The summed E-state index contributed by atoms with van der Waals surface area (Å²) < 4.78 is 1.37. The molecule has 25 heavy (non-hydrogen) atoms. The fourth-order valence-electron chi connectivity index (χ4n) is 2.64. The van der Waals surface area contributed by atoms with Gasteiger partial charge in [-0.15, -0.1) is 5.10 Å². The molecule has 0 saturated heterocycles. The Labute approximate surface area is 151 Å². The maximum atomic E-state index is 12.2. The highest BCUT2D eigenvalue weighted by atomic mass is 32.1. The van der Waals surface area contributed by atoms with Crippen LogP contribution in [0.2, 0.25) is 0 Å². The Morgan fingerprint density at radius 2 is 2.08 bits per heavy atom. The van der Waals surface area contributed by atoms with E-state index in [1.54, 1.807) is 6.07 Å². The Morgan fingerprint density at radius 3 is 2.76 bits per heavy atom. The van der Waals surface area contributed by atoms with Crippen molar-refractivity contribution >= 4 is 27.1 Å². The number of anilines is 2. The number of aromatic nitrogens is 3. The number of nitrogens with zero attached hydrogens (tertiary/aromatic N) is 4. The van der Waals surface area contributed by atoms with Crippen LogP contribution in [0.25, 0.3) is 4.96 Å². The lowest BCUT2D eigenvalue weighted by Gasteiger charge is -2.15. The number of hydrogen-bond acceptors (Lipinski definition) is 6. The van der Waals surface area contributed by atoms with E-state index in [2.05, 4.69) is 52.3 Å². The normalized spacial score (nSPS) is 11.0. The molecule has 132 valence electrons. The summed E-state index contributed by atoms with van der Waals surface area (Å²) >= 11 is 1.41. The Kier molecular flexibility index (Phi) is 5.03. The van der Waals surface area contributed by atoms with Gasteiger partial charge in [0.15, 0.2) is 0 Å². The summed E-state index contributed by atoms with van der Waals surface area (Å²) in [6.07, 6.45) is 1.78. The van der Waals surface area contributed by atoms with Gasteiger partial charge in [0.1, 0.15) is 0 Å². The van der Waals surface area contributed by atoms with Gasteiger partial charge in [-0.1, -0.05) is 30.7 Å². The summed E-state index contributed by atoms with van der Waals surface area (Å²) in [5.41, 5.74) is 4.32. The summed E-state index contributed by atoms with van der Waals surface area (Å²) in [6.45, 7) is 4.84. The molecule has 0 unspecified atom stereocenters. The molecule has 0 radical (unpaired) electrons. The van der Waals surface area contributed by atoms with Gasteiger partial charge < -0.3 is 10.2 Å². The molecule has 0 aliphatic carbocycles. The van der Waals surface area contributed by atoms with Gasteiger partial charge in [0.25, 0.3) is 5.56 Å². The van der Waals surface area contributed by atoms with Gasteiger partial charge in [-0.25, -0.2) is 4.98 Å². The first-order valence-electron chi connectivity index (χ1n) is 8.38. The standard InChI is InChI=1S/C18H23N5OS/c1-5-6-14-10-16(24)23-18(20-14)25-17(21-23)19-11-13-7-8-15(22(3)4)9-12(13)2/h7-10H,5-6,11H2,1-4H3,(H,19,21). The zero-order valence-corrected chi connectivity index (χ0v) is 15.9. The van der Waals surface area contributed by atoms with E-state index in [-0.39, 0.29) is 5.56 Å². The van der Waals surface area contributed by atoms with Crippen molar-refractivity contribution in [1.82, 2.24) is 14.6 Å². The van der Waals surface area contributed by atoms with Crippen LogP contribution in [0.15, 0.2) is 29.1 Å². The second kappa shape index (κ2) is 7.23. The molecule has 0 atom stereocenters. The zero-order chi connectivity index (χ0) is 18.0. The van der Waals surface area contributed by atoms with Crippen LogP contribution in [0, 0.1) is 6.92 Å². The highest BCUT2D eigenvalue weighted by molar-refractivity contribution is 7.20. The van der Waals surface area contributed by atoms with Gasteiger partial charge in [-0.2, -0.15) is 4.52 Å². The van der Waals surface area contributed by atoms with E-state index < -0.39 is 0 Å². The van der Waals surface area contributed by atoms with Gasteiger partial charge >= 0.3 is 0 Å². The predicted octanol–water partition coefficient (Wildman–Crippen LogP) is 3.09. The first-order valence-corrected chi connectivity index (χ1v) is 9.20. The number of nitrogens with one attached hydrogen (secondary N) is 1. The highest BCUT2D eigenvalue weighted by Crippen LogP contribution is 2.21. The molecule has 0 fully saturated rings. The van der Waals surface area contributed by atoms with E-state index in [0.717, 1.165) is 18.5 Å². The van der Waals surface area contributed by atoms with Crippen LogP contribution in [0.3, 0.4) is 0 Å². The summed E-state index contributed by atoms with van der Waals surface area (Å²) in [6, 6.07) is 7.96. The average Bonchev–Trinajstić information content (AvgIpc) is 2.97. The Bertz CT molecular complexity index is 944. The summed E-state index contributed by atoms with van der Waals surface area (Å²) in [5, 5.41) is 8.36. The molecule has 0 amide bonds. The van der Waals surface area contributed by atoms with Crippen molar-refractivity contribution in [2.24, 2.45) is 0 Å². The maximum Gasteiger partial charge on any atom is 0.275 e. The van der Waals surface area contributed by atoms with E-state index >= 15 is 0 Å². The fourth-order valence-corrected chi connectivity index (χ4v) is 3.46. The Hall–Kier alpha value is -2.41. The van der Waals surface area contributed by atoms with E-state index in [1.807, 2.05) is 14.1 Å². The third-order valence-corrected chi connectivity index (χ3v) is 4.94. The van der Waals surface area contributed by atoms with Gasteiger partial charge in [0, 0.05) is 38.1 Å². The first-order chi connectivity index (χ1) is 12.0. The topological polar surface area (TPSA) is 62.5 Å². The number of aryl methyl sites for hydroxylation is 2. The van der Waals surface area contributed by atoms with E-state index in [0.29, 0.717) is 16.6 Å². The minimum atomic E-state index is -0.121. The van der Waals surface area contributed by atoms with E-state index in [1.165, 1.54) is 32.7 Å². The van der Waals surface area contributed by atoms with Gasteiger partial charge in [-0.05, 0) is 36.6 Å². The van der Waals surface area contributed by atoms with Crippen LogP contribution in [-0.2, 0) is 13.0 Å². The van der Waals surface area contributed by atoms with Crippen molar-refractivity contribution in [3.8, 4) is 0 Å². The third kappa shape index (κ3) is 3.82. The lowest BCUT2D eigenvalue weighted by Crippen LogP contribution is -2.15. The Balaban J connectivity index is 1.79. The van der Waals surface area contributed by atoms with E-state index in [9.17, 15) is 4.79 Å². The van der Waals surface area contributed by atoms with Crippen LogP contribution >= 0.6 is 11.3 Å². The molecule has 1 aromatic carbocycles. The van der Waals surface area contributed by atoms with Crippen molar-refractivity contribution in [1.29, 1.82) is 0 Å². The minimum Gasteiger partial charge on any atom is -0.378 e. The average molecular weight is 357 g/mol. The molecule has 6 nitrogen and oxygen atoms in total. The van der Waals surface area contributed by atoms with Crippen LogP contribution in [-0.4, -0.2) is 28.7 Å². The predicted molar refractivity (Wildman–Crippen MR) is 104 cm³/mol. The molecular formula is C18H23N5OS. The van der Waals surface area contributed by atoms with Crippen LogP contribution in [0.4, 0.5) is 10.8 Å². The summed E-state index contributed by atoms with van der Waals surface area (Å²) in [5.74, 6) is 0. The van der Waals surface area contributed by atoms with Crippen molar-refractivity contribution in [3.05, 3.63) is 51.4 Å². The summed E-state index contributed by atoms with van der Waals surface area (Å²) in [7, 11) is 4.07. The Morgan fingerprint density at radius 1 is 1.28 bits per heavy atom. The van der Waals surface area contributed by atoms with Crippen LogP contribution in [0.1, 0.15) is 30.2 Å². The second-order valence-electron chi connectivity index (χ2n) is 6.30. The van der Waals surface area contributed by atoms with Gasteiger partial charge in [0.05, 0.1) is 0 Å². The lowest BCUT2D eigenvalue weighted by atomic mass is 10.1. The molecule has 3 aromatic rings. The van der Waals surface area contributed by atoms with Crippen molar-refractivity contribution in [2.45, 2.75) is 33.2 Å². The third-order valence-electron chi connectivity index (χ3n) is 4.08. The molecule has 7 heteroatoms. The lowest BCUT2D eigenvalue weighted by molar-refractivity contribution is 0.839. The monoisotopic (exact) mass is 357 g/mol. The number of rotatable bonds is 6. The van der Waals surface area contributed by atoms with Crippen LogP contribution in [0.5, 0.6) is 0 Å². The smallest absolute Gasteiger partial charge is 0.275 e. The summed E-state index contributed by atoms with van der Waals surface area (Å²) in [4.78, 5) is 19.4. The molecule has 2 heterocycles. The molecule has 0 saturated carbocycles. The molecule has 0 aliphatic heterocycles. The molecule has 2 aromatic heterocycles.